The monoisotopic (exact) mass is 230 g/mol. The molecule has 0 aromatic heterocycles. The Hall–Kier alpha value is -1.78. The Morgan fingerprint density at radius 2 is 1.88 bits per heavy atom. The summed E-state index contributed by atoms with van der Waals surface area (Å²) in [5.41, 5.74) is 1.96. The van der Waals surface area contributed by atoms with Crippen molar-refractivity contribution in [2.24, 2.45) is 0 Å². The molecule has 88 valence electrons. The molecule has 1 unspecified atom stereocenters. The van der Waals surface area contributed by atoms with Crippen LogP contribution in [0.5, 0.6) is 0 Å². The Bertz CT molecular complexity index is 551. The second-order valence-corrected chi connectivity index (χ2v) is 4.13. The fourth-order valence-electron chi connectivity index (χ4n) is 2.43. The van der Waals surface area contributed by atoms with Gasteiger partial charge in [-0.15, -0.1) is 0 Å². The van der Waals surface area contributed by atoms with Crippen LogP contribution in [-0.2, 0) is 0 Å². The van der Waals surface area contributed by atoms with Crippen LogP contribution >= 0.6 is 0 Å². The van der Waals surface area contributed by atoms with Gasteiger partial charge in [0.1, 0.15) is 12.9 Å². The normalized spacial score (nSPS) is 18.2. The van der Waals surface area contributed by atoms with Crippen LogP contribution in [-0.4, -0.2) is 29.7 Å². The first-order chi connectivity index (χ1) is 8.35. The van der Waals surface area contributed by atoms with E-state index < -0.39 is 0 Å². The first kappa shape index (κ1) is 10.4. The quantitative estimate of drug-likeness (QED) is 0.728. The number of anilines is 2. The van der Waals surface area contributed by atoms with Gasteiger partial charge in [-0.1, -0.05) is 24.3 Å². The molecule has 3 rings (SSSR count). The Kier molecular flexibility index (Phi) is 2.39. The molecule has 0 radical (unpaired) electrons. The standard InChI is InChI=1S/C13H14N2O2/c16-7-12-14-10-5-1-3-9-4-2-6-11(13(9)10)15(12)8-17/h1-6,12,14,16-17H,7-8H2. The van der Waals surface area contributed by atoms with Crippen molar-refractivity contribution in [3.8, 4) is 0 Å². The molecule has 4 nitrogen and oxygen atoms in total. The average Bonchev–Trinajstić information content (AvgIpc) is 2.39. The maximum Gasteiger partial charge on any atom is 0.125 e. The number of aliphatic hydroxyl groups excluding tert-OH is 2. The van der Waals surface area contributed by atoms with Gasteiger partial charge >= 0.3 is 0 Å². The summed E-state index contributed by atoms with van der Waals surface area (Å²) in [7, 11) is 0. The van der Waals surface area contributed by atoms with Gasteiger partial charge in [0.25, 0.3) is 0 Å². The van der Waals surface area contributed by atoms with Crippen molar-refractivity contribution in [3.05, 3.63) is 36.4 Å². The number of hydrogen-bond acceptors (Lipinski definition) is 4. The number of nitrogens with one attached hydrogen (secondary N) is 1. The first-order valence-corrected chi connectivity index (χ1v) is 5.62. The molecule has 1 aliphatic heterocycles. The van der Waals surface area contributed by atoms with E-state index in [4.69, 9.17) is 0 Å². The zero-order valence-corrected chi connectivity index (χ0v) is 9.30. The maximum absolute atomic E-state index is 9.44. The summed E-state index contributed by atoms with van der Waals surface area (Å²) >= 11 is 0. The zero-order chi connectivity index (χ0) is 11.8. The Morgan fingerprint density at radius 3 is 2.59 bits per heavy atom. The van der Waals surface area contributed by atoms with Gasteiger partial charge in [0.15, 0.2) is 0 Å². The van der Waals surface area contributed by atoms with Gasteiger partial charge in [0.2, 0.25) is 0 Å². The van der Waals surface area contributed by atoms with Crippen molar-refractivity contribution < 1.29 is 10.2 Å². The molecular weight excluding hydrogens is 216 g/mol. The Labute approximate surface area is 99.1 Å². The fraction of sp³-hybridized carbons (Fsp3) is 0.231. The summed E-state index contributed by atoms with van der Waals surface area (Å²) in [6.45, 7) is -0.170. The second-order valence-electron chi connectivity index (χ2n) is 4.13. The minimum atomic E-state index is -0.277. The summed E-state index contributed by atoms with van der Waals surface area (Å²) in [5, 5.41) is 24.2. The van der Waals surface area contributed by atoms with E-state index in [1.807, 2.05) is 36.4 Å². The van der Waals surface area contributed by atoms with Gasteiger partial charge in [-0.2, -0.15) is 0 Å². The fourth-order valence-corrected chi connectivity index (χ4v) is 2.43. The predicted molar refractivity (Wildman–Crippen MR) is 68.0 cm³/mol. The molecule has 2 aromatic rings. The van der Waals surface area contributed by atoms with Crippen molar-refractivity contribution in [2.75, 3.05) is 23.6 Å². The van der Waals surface area contributed by atoms with Gasteiger partial charge in [-0.05, 0) is 17.5 Å². The van der Waals surface area contributed by atoms with E-state index in [1.165, 1.54) is 0 Å². The van der Waals surface area contributed by atoms with Gasteiger partial charge < -0.3 is 20.4 Å². The summed E-state index contributed by atoms with van der Waals surface area (Å²) < 4.78 is 0. The molecule has 0 bridgehead atoms. The highest BCUT2D eigenvalue weighted by Crippen LogP contribution is 2.37. The molecular formula is C13H14N2O2. The van der Waals surface area contributed by atoms with E-state index in [-0.39, 0.29) is 19.5 Å². The molecule has 0 aliphatic carbocycles. The van der Waals surface area contributed by atoms with E-state index in [0.717, 1.165) is 22.1 Å². The van der Waals surface area contributed by atoms with Gasteiger partial charge in [0.05, 0.1) is 12.3 Å². The van der Waals surface area contributed by atoms with Crippen LogP contribution in [0.1, 0.15) is 0 Å². The SMILES string of the molecule is OCC1Nc2cccc3cccc(c23)N1CO. The lowest BCUT2D eigenvalue weighted by molar-refractivity contribution is 0.230. The molecule has 17 heavy (non-hydrogen) atoms. The molecule has 3 N–H and O–H groups in total. The van der Waals surface area contributed by atoms with Crippen LogP contribution in [0.25, 0.3) is 10.8 Å². The van der Waals surface area contributed by atoms with Crippen LogP contribution in [0.3, 0.4) is 0 Å². The van der Waals surface area contributed by atoms with Crippen molar-refractivity contribution >= 4 is 22.1 Å². The number of nitrogens with zero attached hydrogens (tertiary/aromatic N) is 1. The molecule has 0 saturated heterocycles. The van der Waals surface area contributed by atoms with Crippen molar-refractivity contribution in [1.82, 2.24) is 0 Å². The number of rotatable bonds is 2. The number of benzene rings is 2. The smallest absolute Gasteiger partial charge is 0.125 e. The molecule has 4 heteroatoms. The van der Waals surface area contributed by atoms with Crippen molar-refractivity contribution in [3.63, 3.8) is 0 Å². The van der Waals surface area contributed by atoms with E-state index in [9.17, 15) is 10.2 Å². The molecule has 1 atom stereocenters. The topological polar surface area (TPSA) is 55.7 Å². The summed E-state index contributed by atoms with van der Waals surface area (Å²) in [6.07, 6.45) is -0.277. The highest BCUT2D eigenvalue weighted by Gasteiger charge is 2.25. The van der Waals surface area contributed by atoms with E-state index >= 15 is 0 Å². The first-order valence-electron chi connectivity index (χ1n) is 5.62. The lowest BCUT2D eigenvalue weighted by atomic mass is 10.0. The Balaban J connectivity index is 2.28. The van der Waals surface area contributed by atoms with Crippen LogP contribution in [0, 0.1) is 0 Å². The molecule has 0 amide bonds. The van der Waals surface area contributed by atoms with E-state index in [2.05, 4.69) is 5.32 Å². The van der Waals surface area contributed by atoms with Crippen molar-refractivity contribution in [1.29, 1.82) is 0 Å². The lowest BCUT2D eigenvalue weighted by Gasteiger charge is -2.37. The highest BCUT2D eigenvalue weighted by molar-refractivity contribution is 6.05. The maximum atomic E-state index is 9.44. The third-order valence-corrected chi connectivity index (χ3v) is 3.22. The third-order valence-electron chi connectivity index (χ3n) is 3.22. The average molecular weight is 230 g/mol. The second kappa shape index (κ2) is 3.91. The molecule has 2 aromatic carbocycles. The lowest BCUT2D eigenvalue weighted by Crippen LogP contribution is -2.46. The van der Waals surface area contributed by atoms with Gasteiger partial charge in [-0.3, -0.25) is 0 Å². The molecule has 0 saturated carbocycles. The van der Waals surface area contributed by atoms with Crippen LogP contribution < -0.4 is 10.2 Å². The van der Waals surface area contributed by atoms with Crippen LogP contribution in [0.2, 0.25) is 0 Å². The minimum Gasteiger partial charge on any atom is -0.392 e. The summed E-state index contributed by atoms with van der Waals surface area (Å²) in [5.74, 6) is 0. The van der Waals surface area contributed by atoms with E-state index in [1.54, 1.807) is 4.90 Å². The van der Waals surface area contributed by atoms with Crippen LogP contribution in [0.15, 0.2) is 36.4 Å². The number of aliphatic hydroxyl groups is 2. The van der Waals surface area contributed by atoms with E-state index in [0.29, 0.717) is 0 Å². The molecule has 1 aliphatic rings. The largest absolute Gasteiger partial charge is 0.392 e. The number of hydrogen-bond donors (Lipinski definition) is 3. The zero-order valence-electron chi connectivity index (χ0n) is 9.30. The predicted octanol–water partition coefficient (Wildman–Crippen LogP) is 1.34. The minimum absolute atomic E-state index is 0.0503. The molecule has 1 heterocycles. The van der Waals surface area contributed by atoms with Crippen molar-refractivity contribution in [2.45, 2.75) is 6.17 Å². The molecule has 0 spiro atoms. The summed E-state index contributed by atoms with van der Waals surface area (Å²) in [6, 6.07) is 12.0. The highest BCUT2D eigenvalue weighted by atomic mass is 16.3. The third kappa shape index (κ3) is 1.45. The van der Waals surface area contributed by atoms with Gasteiger partial charge in [-0.25, -0.2) is 0 Å². The van der Waals surface area contributed by atoms with Crippen LogP contribution in [0.4, 0.5) is 11.4 Å². The summed E-state index contributed by atoms with van der Waals surface area (Å²) in [4.78, 5) is 1.76. The van der Waals surface area contributed by atoms with Gasteiger partial charge in [0, 0.05) is 11.1 Å². The molecule has 0 fully saturated rings. The Morgan fingerprint density at radius 1 is 1.12 bits per heavy atom.